The Labute approximate surface area is 120 Å². The quantitative estimate of drug-likeness (QED) is 0.686. The monoisotopic (exact) mass is 283 g/mol. The Morgan fingerprint density at radius 1 is 1.00 bits per heavy atom. The van der Waals surface area contributed by atoms with E-state index in [2.05, 4.69) is 52.2 Å². The minimum Gasteiger partial charge on any atom is -0.339 e. The smallest absolute Gasteiger partial charge is 0.0894 e. The van der Waals surface area contributed by atoms with Crippen LogP contribution < -0.4 is 0 Å². The van der Waals surface area contributed by atoms with Crippen molar-refractivity contribution in [2.45, 2.75) is 80.3 Å². The lowest BCUT2D eigenvalue weighted by Gasteiger charge is -2.22. The minimum absolute atomic E-state index is 0.283. The van der Waals surface area contributed by atoms with E-state index in [9.17, 15) is 0 Å². The predicted molar refractivity (Wildman–Crippen MR) is 84.0 cm³/mol. The van der Waals surface area contributed by atoms with E-state index >= 15 is 0 Å². The third-order valence-corrected chi connectivity index (χ3v) is 5.25. The van der Waals surface area contributed by atoms with Gasteiger partial charge in [0.2, 0.25) is 0 Å². The van der Waals surface area contributed by atoms with Crippen LogP contribution in [0.25, 0.3) is 0 Å². The van der Waals surface area contributed by atoms with Crippen LogP contribution in [0.4, 0.5) is 0 Å². The van der Waals surface area contributed by atoms with Crippen molar-refractivity contribution in [3.8, 4) is 0 Å². The Balaban J connectivity index is 2.34. The molecule has 1 nitrogen and oxygen atoms in total. The van der Waals surface area contributed by atoms with Crippen molar-refractivity contribution in [3.63, 3.8) is 0 Å². The molecule has 0 saturated carbocycles. The number of aromatic nitrogens is 1. The molecule has 1 aromatic heterocycles. The number of fused-ring (bicyclic) bond motifs is 1. The summed E-state index contributed by atoms with van der Waals surface area (Å²) in [6.45, 7) is 15.0. The normalized spacial score (nSPS) is 16.1. The SMILES string of the molecule is CC(C)(C)Sc1cc2n(c1SC(C)(C)C)CCC2. The molecule has 0 aromatic carbocycles. The van der Waals surface area contributed by atoms with Crippen LogP contribution in [-0.2, 0) is 13.0 Å². The molecular weight excluding hydrogens is 258 g/mol. The van der Waals surface area contributed by atoms with E-state index in [0.717, 1.165) is 0 Å². The van der Waals surface area contributed by atoms with Crippen molar-refractivity contribution < 1.29 is 0 Å². The summed E-state index contributed by atoms with van der Waals surface area (Å²) in [6.07, 6.45) is 2.57. The molecule has 2 heterocycles. The molecule has 0 aliphatic carbocycles. The van der Waals surface area contributed by atoms with Gasteiger partial charge in [-0.3, -0.25) is 0 Å². The van der Waals surface area contributed by atoms with E-state index < -0.39 is 0 Å². The number of hydrogen-bond acceptors (Lipinski definition) is 2. The summed E-state index contributed by atoms with van der Waals surface area (Å²) in [6, 6.07) is 2.43. The topological polar surface area (TPSA) is 4.93 Å². The van der Waals surface area contributed by atoms with E-state index in [-0.39, 0.29) is 9.49 Å². The maximum atomic E-state index is 2.55. The highest BCUT2D eigenvalue weighted by atomic mass is 32.2. The van der Waals surface area contributed by atoms with Crippen LogP contribution in [0.2, 0.25) is 0 Å². The average Bonchev–Trinajstić information content (AvgIpc) is 2.66. The lowest BCUT2D eigenvalue weighted by molar-refractivity contribution is 0.674. The molecule has 0 spiro atoms. The second-order valence-electron chi connectivity index (χ2n) is 6.99. The predicted octanol–water partition coefficient (Wildman–Crippen LogP) is 5.22. The molecular formula is C15H25NS2. The van der Waals surface area contributed by atoms with Crippen molar-refractivity contribution in [2.24, 2.45) is 0 Å². The maximum absolute atomic E-state index is 2.55. The highest BCUT2D eigenvalue weighted by Gasteiger charge is 2.26. The van der Waals surface area contributed by atoms with E-state index in [4.69, 9.17) is 0 Å². The first-order valence-corrected chi connectivity index (χ1v) is 8.39. The number of aryl methyl sites for hydroxylation is 1. The first kappa shape index (κ1) is 14.4. The molecule has 0 bridgehead atoms. The molecule has 0 N–H and O–H groups in total. The molecule has 0 saturated heterocycles. The molecule has 0 unspecified atom stereocenters. The van der Waals surface area contributed by atoms with E-state index in [1.165, 1.54) is 35.0 Å². The summed E-state index contributed by atoms with van der Waals surface area (Å²) < 4.78 is 3.12. The average molecular weight is 284 g/mol. The fraction of sp³-hybridized carbons (Fsp3) is 0.733. The van der Waals surface area contributed by atoms with Gasteiger partial charge >= 0.3 is 0 Å². The van der Waals surface area contributed by atoms with Gasteiger partial charge in [0, 0.05) is 26.6 Å². The number of hydrogen-bond donors (Lipinski definition) is 0. The zero-order valence-electron chi connectivity index (χ0n) is 12.5. The van der Waals surface area contributed by atoms with E-state index in [0.29, 0.717) is 0 Å². The van der Waals surface area contributed by atoms with Gasteiger partial charge < -0.3 is 4.57 Å². The minimum atomic E-state index is 0.283. The summed E-state index contributed by atoms with van der Waals surface area (Å²) in [5, 5.41) is 1.50. The van der Waals surface area contributed by atoms with Crippen molar-refractivity contribution >= 4 is 23.5 Å². The molecule has 0 fully saturated rings. The number of nitrogens with zero attached hydrogens (tertiary/aromatic N) is 1. The van der Waals surface area contributed by atoms with Gasteiger partial charge in [0.25, 0.3) is 0 Å². The van der Waals surface area contributed by atoms with Crippen LogP contribution in [0.3, 0.4) is 0 Å². The van der Waals surface area contributed by atoms with Gasteiger partial charge in [-0.05, 0) is 18.9 Å². The standard InChI is InChI=1S/C15H25NS2/c1-14(2,3)17-12-10-11-8-7-9-16(11)13(12)18-15(4,5)6/h10H,7-9H2,1-6H3. The first-order chi connectivity index (χ1) is 8.16. The first-order valence-electron chi connectivity index (χ1n) is 6.76. The Bertz CT molecular complexity index is 433. The zero-order valence-corrected chi connectivity index (χ0v) is 14.1. The van der Waals surface area contributed by atoms with Gasteiger partial charge in [-0.25, -0.2) is 0 Å². The van der Waals surface area contributed by atoms with Crippen LogP contribution >= 0.6 is 23.5 Å². The van der Waals surface area contributed by atoms with Gasteiger partial charge in [-0.2, -0.15) is 0 Å². The summed E-state index contributed by atoms with van der Waals surface area (Å²) in [5.74, 6) is 0. The van der Waals surface area contributed by atoms with E-state index in [1.54, 1.807) is 0 Å². The molecule has 102 valence electrons. The molecule has 3 heteroatoms. The van der Waals surface area contributed by atoms with Crippen molar-refractivity contribution in [3.05, 3.63) is 11.8 Å². The highest BCUT2D eigenvalue weighted by molar-refractivity contribution is 8.03. The van der Waals surface area contributed by atoms with Gasteiger partial charge in [-0.1, -0.05) is 41.5 Å². The number of thioether (sulfide) groups is 2. The maximum Gasteiger partial charge on any atom is 0.0894 e. The summed E-state index contributed by atoms with van der Waals surface area (Å²) >= 11 is 4.03. The van der Waals surface area contributed by atoms with Crippen molar-refractivity contribution in [1.82, 2.24) is 4.57 Å². The molecule has 0 amide bonds. The van der Waals surface area contributed by atoms with E-state index in [1.807, 2.05) is 23.5 Å². The van der Waals surface area contributed by atoms with Crippen LogP contribution in [0.1, 0.15) is 53.7 Å². The molecule has 1 aliphatic heterocycles. The second-order valence-corrected chi connectivity index (χ2v) is 10.7. The summed E-state index contributed by atoms with van der Waals surface area (Å²) in [4.78, 5) is 1.48. The van der Waals surface area contributed by atoms with Crippen LogP contribution in [0.15, 0.2) is 16.0 Å². The van der Waals surface area contributed by atoms with Gasteiger partial charge in [0.1, 0.15) is 0 Å². The largest absolute Gasteiger partial charge is 0.339 e. The van der Waals surface area contributed by atoms with Gasteiger partial charge in [-0.15, -0.1) is 23.5 Å². The third kappa shape index (κ3) is 3.51. The third-order valence-electron chi connectivity index (χ3n) is 2.73. The van der Waals surface area contributed by atoms with Crippen LogP contribution in [0.5, 0.6) is 0 Å². The van der Waals surface area contributed by atoms with Crippen LogP contribution in [-0.4, -0.2) is 14.1 Å². The second kappa shape index (κ2) is 4.82. The molecule has 1 aromatic rings. The van der Waals surface area contributed by atoms with Crippen LogP contribution in [0, 0.1) is 0 Å². The fourth-order valence-corrected chi connectivity index (χ4v) is 4.58. The summed E-state index contributed by atoms with van der Waals surface area (Å²) in [7, 11) is 0. The molecule has 2 rings (SSSR count). The van der Waals surface area contributed by atoms with Gasteiger partial charge in [0.05, 0.1) is 5.03 Å². The molecule has 1 aliphatic rings. The van der Waals surface area contributed by atoms with Crippen molar-refractivity contribution in [1.29, 1.82) is 0 Å². The molecule has 18 heavy (non-hydrogen) atoms. The lowest BCUT2D eigenvalue weighted by Crippen LogP contribution is -2.11. The number of rotatable bonds is 2. The van der Waals surface area contributed by atoms with Crippen molar-refractivity contribution in [2.75, 3.05) is 0 Å². The zero-order chi connectivity index (χ0) is 13.6. The Morgan fingerprint density at radius 2 is 1.61 bits per heavy atom. The Hall–Kier alpha value is -0.0200. The van der Waals surface area contributed by atoms with Gasteiger partial charge in [0.15, 0.2) is 0 Å². The Kier molecular flexibility index (Phi) is 3.86. The molecule has 0 radical (unpaired) electrons. The lowest BCUT2D eigenvalue weighted by atomic mass is 10.3. The fourth-order valence-electron chi connectivity index (χ4n) is 2.22. The summed E-state index contributed by atoms with van der Waals surface area (Å²) in [5.41, 5.74) is 1.54. The highest BCUT2D eigenvalue weighted by Crippen LogP contribution is 2.45. The Morgan fingerprint density at radius 3 is 2.17 bits per heavy atom. The molecule has 0 atom stereocenters.